The van der Waals surface area contributed by atoms with Crippen LogP contribution in [0.25, 0.3) is 16.0 Å². The Bertz CT molecular complexity index is 787. The number of hydrogen-bond donors (Lipinski definition) is 1. The van der Waals surface area contributed by atoms with Crippen molar-refractivity contribution in [2.45, 2.75) is 41.6 Å². The number of thiophene rings is 1. The maximum absolute atomic E-state index is 11.7. The van der Waals surface area contributed by atoms with E-state index in [9.17, 15) is 9.90 Å². The van der Waals surface area contributed by atoms with Crippen LogP contribution in [0.2, 0.25) is 5.02 Å². The molecule has 0 unspecified atom stereocenters. The molecule has 1 fully saturated rings. The zero-order chi connectivity index (χ0) is 17.1. The van der Waals surface area contributed by atoms with Crippen molar-refractivity contribution in [3.63, 3.8) is 0 Å². The van der Waals surface area contributed by atoms with E-state index in [1.54, 1.807) is 36.0 Å². The SMILES string of the molecule is [C-]#[N+]c1c(SC2CCCCC2)sc(C(=O)O)c1-c1ccc(Cl)cc1. The molecule has 0 bridgehead atoms. The lowest BCUT2D eigenvalue weighted by molar-refractivity contribution is 0.0703. The highest BCUT2D eigenvalue weighted by molar-refractivity contribution is 8.01. The molecule has 1 saturated carbocycles. The molecule has 1 aromatic heterocycles. The molecule has 0 atom stereocenters. The minimum absolute atomic E-state index is 0.238. The third kappa shape index (κ3) is 3.61. The lowest BCUT2D eigenvalue weighted by Gasteiger charge is -2.20. The summed E-state index contributed by atoms with van der Waals surface area (Å²) in [5, 5.41) is 10.7. The van der Waals surface area contributed by atoms with E-state index in [2.05, 4.69) is 4.85 Å². The Morgan fingerprint density at radius 3 is 2.50 bits per heavy atom. The van der Waals surface area contributed by atoms with Gasteiger partial charge in [0.15, 0.2) is 0 Å². The number of carboxylic acid groups (broad SMARTS) is 1. The van der Waals surface area contributed by atoms with Gasteiger partial charge >= 0.3 is 5.97 Å². The van der Waals surface area contributed by atoms with Crippen molar-refractivity contribution in [3.05, 3.63) is 45.6 Å². The summed E-state index contributed by atoms with van der Waals surface area (Å²) in [6, 6.07) is 7.00. The number of rotatable bonds is 4. The van der Waals surface area contributed by atoms with Gasteiger partial charge in [-0.05, 0) is 30.5 Å². The summed E-state index contributed by atoms with van der Waals surface area (Å²) < 4.78 is 0.833. The van der Waals surface area contributed by atoms with Crippen LogP contribution < -0.4 is 0 Å². The maximum atomic E-state index is 11.7. The van der Waals surface area contributed by atoms with Gasteiger partial charge in [-0.2, -0.15) is 0 Å². The number of hydrogen-bond acceptors (Lipinski definition) is 3. The van der Waals surface area contributed by atoms with Gasteiger partial charge in [-0.1, -0.05) is 43.0 Å². The molecule has 1 aliphatic carbocycles. The van der Waals surface area contributed by atoms with Crippen molar-refractivity contribution >= 4 is 46.4 Å². The summed E-state index contributed by atoms with van der Waals surface area (Å²) in [7, 11) is 0. The molecule has 0 radical (unpaired) electrons. The first-order chi connectivity index (χ1) is 11.6. The molecule has 6 heteroatoms. The van der Waals surface area contributed by atoms with Gasteiger partial charge in [0.2, 0.25) is 5.69 Å². The fourth-order valence-corrected chi connectivity index (χ4v) is 5.89. The van der Waals surface area contributed by atoms with Crippen molar-refractivity contribution in [1.29, 1.82) is 0 Å². The number of nitrogens with zero attached hydrogens (tertiary/aromatic N) is 1. The second-order valence-electron chi connectivity index (χ2n) is 5.74. The van der Waals surface area contributed by atoms with E-state index in [1.165, 1.54) is 30.6 Å². The van der Waals surface area contributed by atoms with Crippen molar-refractivity contribution in [1.82, 2.24) is 0 Å². The van der Waals surface area contributed by atoms with E-state index >= 15 is 0 Å². The highest BCUT2D eigenvalue weighted by Crippen LogP contribution is 2.50. The van der Waals surface area contributed by atoms with Crippen molar-refractivity contribution < 1.29 is 9.90 Å². The van der Waals surface area contributed by atoms with E-state index in [0.717, 1.165) is 22.6 Å². The predicted molar refractivity (Wildman–Crippen MR) is 101 cm³/mol. The third-order valence-corrected chi connectivity index (χ3v) is 7.08. The van der Waals surface area contributed by atoms with Gasteiger partial charge in [0, 0.05) is 15.8 Å². The highest BCUT2D eigenvalue weighted by atomic mass is 35.5. The Balaban J connectivity index is 2.04. The van der Waals surface area contributed by atoms with Crippen LogP contribution in [-0.2, 0) is 0 Å². The van der Waals surface area contributed by atoms with Gasteiger partial charge in [-0.15, -0.1) is 23.1 Å². The van der Waals surface area contributed by atoms with E-state index in [-0.39, 0.29) is 4.88 Å². The molecule has 0 amide bonds. The first-order valence-corrected chi connectivity index (χ1v) is 9.87. The molecular formula is C18H16ClNO2S2. The van der Waals surface area contributed by atoms with Crippen molar-refractivity contribution in [2.24, 2.45) is 0 Å². The molecule has 0 aliphatic heterocycles. The first kappa shape index (κ1) is 17.3. The fourth-order valence-electron chi connectivity index (χ4n) is 2.95. The van der Waals surface area contributed by atoms with Crippen molar-refractivity contribution in [2.75, 3.05) is 0 Å². The molecule has 1 N–H and O–H groups in total. The zero-order valence-electron chi connectivity index (χ0n) is 12.9. The molecule has 3 nitrogen and oxygen atoms in total. The molecular weight excluding hydrogens is 362 g/mol. The number of benzene rings is 1. The standard InChI is InChI=1S/C18H16ClNO2S2/c1-20-15-14(11-7-9-12(19)10-8-11)16(17(21)22)24-18(15)23-13-5-3-2-4-6-13/h7-10,13H,2-6H2,(H,21,22). The van der Waals surface area contributed by atoms with E-state index in [1.807, 2.05) is 0 Å². The number of thioether (sulfide) groups is 1. The fraction of sp³-hybridized carbons (Fsp3) is 0.333. The van der Waals surface area contributed by atoms with Gasteiger partial charge < -0.3 is 5.11 Å². The summed E-state index contributed by atoms with van der Waals surface area (Å²) in [6.45, 7) is 7.59. The van der Waals surface area contributed by atoms with Gasteiger partial charge in [0.1, 0.15) is 4.88 Å². The summed E-state index contributed by atoms with van der Waals surface area (Å²) >= 11 is 8.84. The van der Waals surface area contributed by atoms with Gasteiger partial charge in [-0.25, -0.2) is 9.64 Å². The van der Waals surface area contributed by atoms with E-state index in [0.29, 0.717) is 21.5 Å². The third-order valence-electron chi connectivity index (χ3n) is 4.12. The highest BCUT2D eigenvalue weighted by Gasteiger charge is 2.26. The molecule has 0 spiro atoms. The number of aromatic carboxylic acids is 1. The Labute approximate surface area is 154 Å². The average Bonchev–Trinajstić information content (AvgIpc) is 2.95. The van der Waals surface area contributed by atoms with Crippen LogP contribution in [0, 0.1) is 6.57 Å². The number of halogens is 1. The van der Waals surface area contributed by atoms with Crippen LogP contribution in [0.15, 0.2) is 28.5 Å². The Morgan fingerprint density at radius 2 is 1.92 bits per heavy atom. The summed E-state index contributed by atoms with van der Waals surface area (Å²) in [5.41, 5.74) is 1.72. The lowest BCUT2D eigenvalue weighted by Crippen LogP contribution is -2.07. The number of carboxylic acids is 1. The first-order valence-electron chi connectivity index (χ1n) is 7.80. The molecule has 1 aromatic carbocycles. The molecule has 1 aliphatic rings. The second-order valence-corrected chi connectivity index (χ2v) is 8.77. The van der Waals surface area contributed by atoms with Gasteiger partial charge in [-0.3, -0.25) is 0 Å². The van der Waals surface area contributed by atoms with Crippen LogP contribution in [0.5, 0.6) is 0 Å². The van der Waals surface area contributed by atoms with Gasteiger partial charge in [0.25, 0.3) is 0 Å². The minimum atomic E-state index is -0.981. The largest absolute Gasteiger partial charge is 0.477 e. The van der Waals surface area contributed by atoms with Crippen LogP contribution in [0.1, 0.15) is 41.8 Å². The summed E-state index contributed by atoms with van der Waals surface area (Å²) in [5.74, 6) is -0.981. The van der Waals surface area contributed by atoms with Crippen LogP contribution >= 0.6 is 34.7 Å². The molecule has 124 valence electrons. The zero-order valence-corrected chi connectivity index (χ0v) is 15.3. The van der Waals surface area contributed by atoms with Crippen LogP contribution in [-0.4, -0.2) is 16.3 Å². The molecule has 0 saturated heterocycles. The normalized spacial score (nSPS) is 15.2. The Kier molecular flexibility index (Phi) is 5.50. The predicted octanol–water partition coefficient (Wildman–Crippen LogP) is 6.74. The average molecular weight is 378 g/mol. The van der Waals surface area contributed by atoms with E-state index < -0.39 is 5.97 Å². The molecule has 3 rings (SSSR count). The van der Waals surface area contributed by atoms with Crippen LogP contribution in [0.4, 0.5) is 5.69 Å². The maximum Gasteiger partial charge on any atom is 0.345 e. The monoisotopic (exact) mass is 377 g/mol. The molecule has 24 heavy (non-hydrogen) atoms. The molecule has 2 aromatic rings. The summed E-state index contributed by atoms with van der Waals surface area (Å²) in [4.78, 5) is 15.6. The quantitative estimate of drug-likeness (QED) is 0.599. The Morgan fingerprint density at radius 1 is 1.25 bits per heavy atom. The molecule has 1 heterocycles. The van der Waals surface area contributed by atoms with Crippen LogP contribution in [0.3, 0.4) is 0 Å². The number of carbonyl (C=O) groups is 1. The van der Waals surface area contributed by atoms with E-state index in [4.69, 9.17) is 18.2 Å². The minimum Gasteiger partial charge on any atom is -0.477 e. The van der Waals surface area contributed by atoms with Crippen molar-refractivity contribution in [3.8, 4) is 11.1 Å². The smallest absolute Gasteiger partial charge is 0.345 e. The second kappa shape index (κ2) is 7.60. The van der Waals surface area contributed by atoms with Gasteiger partial charge in [0.05, 0.1) is 10.8 Å². The lowest BCUT2D eigenvalue weighted by atomic mass is 10.0. The summed E-state index contributed by atoms with van der Waals surface area (Å²) in [6.07, 6.45) is 5.98. The topological polar surface area (TPSA) is 41.7 Å². The Hall–Kier alpha value is -1.48.